The van der Waals surface area contributed by atoms with Gasteiger partial charge in [0.1, 0.15) is 17.7 Å². The fourth-order valence-electron chi connectivity index (χ4n) is 7.52. The van der Waals surface area contributed by atoms with Gasteiger partial charge < -0.3 is 34.6 Å². The maximum absolute atomic E-state index is 14.9. The van der Waals surface area contributed by atoms with E-state index in [-0.39, 0.29) is 48.7 Å². The number of aliphatic hydroxyl groups is 1. The van der Waals surface area contributed by atoms with Crippen molar-refractivity contribution in [3.8, 4) is 0 Å². The van der Waals surface area contributed by atoms with Crippen LogP contribution in [-0.4, -0.2) is 101 Å². The standard InChI is InChI=1S/C36H51BrN4O7/c1-8-12-13-28(43)38-20-23(7)47-35(46)29-30-33(44)41(27(21-42)22(5)6)32(36(30)19-26(37)31(29)48-36)34(45)40(18-9-2)25-16-14-24(15-17-25)39(10-3)11-4/h8-9,14-17,22-23,26-27,29-32,42H,1-2,10-13,18-21H2,3-7H3,(H,38,43)/t23-,26?,27+,29-,30+,31-,32-,36+/m1/s1. The monoisotopic (exact) mass is 730 g/mol. The molecule has 0 aromatic heterocycles. The first kappa shape index (κ1) is 37.6. The average molecular weight is 732 g/mol. The Morgan fingerprint density at radius 1 is 1.15 bits per heavy atom. The summed E-state index contributed by atoms with van der Waals surface area (Å²) in [5.41, 5.74) is 0.330. The third-order valence-corrected chi connectivity index (χ3v) is 10.7. The molecule has 3 fully saturated rings. The lowest BCUT2D eigenvalue weighted by Crippen LogP contribution is -2.60. The molecule has 1 spiro atoms. The van der Waals surface area contributed by atoms with Gasteiger partial charge in [0.05, 0.1) is 37.1 Å². The second-order valence-electron chi connectivity index (χ2n) is 13.2. The van der Waals surface area contributed by atoms with Gasteiger partial charge in [-0.1, -0.05) is 41.9 Å². The molecule has 1 aromatic rings. The van der Waals surface area contributed by atoms with Crippen molar-refractivity contribution < 1.29 is 33.8 Å². The van der Waals surface area contributed by atoms with Gasteiger partial charge in [0.25, 0.3) is 5.91 Å². The summed E-state index contributed by atoms with van der Waals surface area (Å²) in [6.07, 6.45) is 3.06. The minimum absolute atomic E-state index is 0.109. The molecule has 12 heteroatoms. The summed E-state index contributed by atoms with van der Waals surface area (Å²) in [7, 11) is 0. The van der Waals surface area contributed by atoms with Crippen molar-refractivity contribution in [3.63, 3.8) is 0 Å². The predicted molar refractivity (Wildman–Crippen MR) is 189 cm³/mol. The summed E-state index contributed by atoms with van der Waals surface area (Å²) >= 11 is 3.70. The van der Waals surface area contributed by atoms with Crippen molar-refractivity contribution in [1.29, 1.82) is 0 Å². The largest absolute Gasteiger partial charge is 0.460 e. The van der Waals surface area contributed by atoms with Gasteiger partial charge in [-0.25, -0.2) is 0 Å². The number of anilines is 2. The van der Waals surface area contributed by atoms with Crippen molar-refractivity contribution in [2.45, 2.75) is 88.6 Å². The fraction of sp³-hybridized carbons (Fsp3) is 0.611. The lowest BCUT2D eigenvalue weighted by atomic mass is 9.70. The molecule has 3 heterocycles. The first-order valence-corrected chi connectivity index (χ1v) is 17.9. The summed E-state index contributed by atoms with van der Waals surface area (Å²) in [5, 5.41) is 13.3. The fourth-order valence-corrected chi connectivity index (χ4v) is 8.47. The molecule has 48 heavy (non-hydrogen) atoms. The smallest absolute Gasteiger partial charge is 0.312 e. The first-order chi connectivity index (χ1) is 22.9. The number of carbonyl (C=O) groups excluding carboxylic acids is 4. The van der Waals surface area contributed by atoms with Crippen LogP contribution in [0.3, 0.4) is 0 Å². The zero-order valence-electron chi connectivity index (χ0n) is 28.8. The Labute approximate surface area is 292 Å². The van der Waals surface area contributed by atoms with Gasteiger partial charge in [-0.15, -0.1) is 13.2 Å². The molecular weight excluding hydrogens is 680 g/mol. The quantitative estimate of drug-likeness (QED) is 0.141. The zero-order chi connectivity index (χ0) is 35.3. The van der Waals surface area contributed by atoms with Crippen LogP contribution in [0.4, 0.5) is 11.4 Å². The van der Waals surface area contributed by atoms with Crippen LogP contribution in [0.15, 0.2) is 49.6 Å². The first-order valence-electron chi connectivity index (χ1n) is 17.0. The number of fused-ring (bicyclic) bond motifs is 1. The molecule has 0 radical (unpaired) electrons. The number of carbonyl (C=O) groups is 4. The molecule has 3 aliphatic rings. The molecule has 8 atom stereocenters. The number of nitrogens with one attached hydrogen (secondary N) is 1. The topological polar surface area (TPSA) is 129 Å². The number of alkyl halides is 1. The lowest BCUT2D eigenvalue weighted by molar-refractivity contribution is -0.159. The maximum Gasteiger partial charge on any atom is 0.312 e. The summed E-state index contributed by atoms with van der Waals surface area (Å²) < 4.78 is 12.5. The van der Waals surface area contributed by atoms with Crippen LogP contribution < -0.4 is 15.1 Å². The molecule has 3 amide bonds. The van der Waals surface area contributed by atoms with Gasteiger partial charge in [-0.05, 0) is 63.8 Å². The Bertz CT molecular complexity index is 1350. The molecule has 4 rings (SSSR count). The van der Waals surface area contributed by atoms with Gasteiger partial charge in [0.2, 0.25) is 11.8 Å². The number of benzene rings is 1. The second kappa shape index (κ2) is 16.0. The van der Waals surface area contributed by atoms with Crippen LogP contribution in [0, 0.1) is 17.8 Å². The number of nitrogens with zero attached hydrogens (tertiary/aromatic N) is 3. The van der Waals surface area contributed by atoms with Crippen molar-refractivity contribution >= 4 is 51.0 Å². The average Bonchev–Trinajstić information content (AvgIpc) is 3.66. The van der Waals surface area contributed by atoms with Gasteiger partial charge in [0.15, 0.2) is 0 Å². The Morgan fingerprint density at radius 3 is 2.35 bits per heavy atom. The molecule has 1 unspecified atom stereocenters. The lowest BCUT2D eigenvalue weighted by Gasteiger charge is -2.40. The van der Waals surface area contributed by atoms with Gasteiger partial charge in [-0.3, -0.25) is 19.2 Å². The van der Waals surface area contributed by atoms with Crippen LogP contribution in [0.2, 0.25) is 0 Å². The maximum atomic E-state index is 14.9. The molecular formula is C36H51BrN4O7. The van der Waals surface area contributed by atoms with Gasteiger partial charge in [-0.2, -0.15) is 0 Å². The van der Waals surface area contributed by atoms with E-state index in [0.29, 0.717) is 18.5 Å². The van der Waals surface area contributed by atoms with Crippen LogP contribution in [0.5, 0.6) is 0 Å². The molecule has 3 aliphatic heterocycles. The number of amides is 3. The van der Waals surface area contributed by atoms with Crippen LogP contribution >= 0.6 is 15.9 Å². The van der Waals surface area contributed by atoms with E-state index < -0.39 is 53.6 Å². The predicted octanol–water partition coefficient (Wildman–Crippen LogP) is 3.83. The van der Waals surface area contributed by atoms with Crippen LogP contribution in [0.1, 0.15) is 53.9 Å². The van der Waals surface area contributed by atoms with Gasteiger partial charge >= 0.3 is 5.97 Å². The summed E-state index contributed by atoms with van der Waals surface area (Å²) in [6.45, 7) is 18.7. The normalized spacial score (nSPS) is 27.0. The van der Waals surface area contributed by atoms with E-state index in [1.807, 2.05) is 38.1 Å². The number of aliphatic hydroxyl groups excluding tert-OH is 1. The molecule has 11 nitrogen and oxygen atoms in total. The van der Waals surface area contributed by atoms with Crippen molar-refractivity contribution in [3.05, 3.63) is 49.6 Å². The Kier molecular flexibility index (Phi) is 12.5. The molecule has 0 aliphatic carbocycles. The summed E-state index contributed by atoms with van der Waals surface area (Å²) in [6, 6.07) is 5.90. The van der Waals surface area contributed by atoms with E-state index >= 15 is 0 Å². The Morgan fingerprint density at radius 2 is 1.79 bits per heavy atom. The van der Waals surface area contributed by atoms with E-state index in [1.165, 1.54) is 4.90 Å². The number of halogens is 1. The number of ether oxygens (including phenoxy) is 2. The Hall–Kier alpha value is -3.22. The third-order valence-electron chi connectivity index (χ3n) is 9.89. The minimum atomic E-state index is -1.33. The molecule has 2 N–H and O–H groups in total. The van der Waals surface area contributed by atoms with Gasteiger partial charge in [0, 0.05) is 42.3 Å². The molecule has 1 aromatic carbocycles. The summed E-state index contributed by atoms with van der Waals surface area (Å²) in [4.78, 5) is 60.4. The van der Waals surface area contributed by atoms with Crippen molar-refractivity contribution in [1.82, 2.24) is 10.2 Å². The zero-order valence-corrected chi connectivity index (χ0v) is 30.4. The number of likely N-dealkylation sites (tertiary alicyclic amines) is 1. The third kappa shape index (κ3) is 7.07. The second-order valence-corrected chi connectivity index (χ2v) is 14.4. The van der Waals surface area contributed by atoms with Crippen LogP contribution in [0.25, 0.3) is 0 Å². The van der Waals surface area contributed by atoms with E-state index in [0.717, 1.165) is 18.8 Å². The molecule has 3 saturated heterocycles. The highest BCUT2D eigenvalue weighted by molar-refractivity contribution is 9.09. The van der Waals surface area contributed by atoms with E-state index in [1.54, 1.807) is 24.0 Å². The number of rotatable bonds is 17. The van der Waals surface area contributed by atoms with E-state index in [2.05, 4.69) is 53.2 Å². The highest BCUT2D eigenvalue weighted by Gasteiger charge is 2.77. The van der Waals surface area contributed by atoms with Crippen molar-refractivity contribution in [2.75, 3.05) is 42.6 Å². The number of allylic oxidation sites excluding steroid dienone is 1. The minimum Gasteiger partial charge on any atom is -0.460 e. The summed E-state index contributed by atoms with van der Waals surface area (Å²) in [5.74, 6) is -3.75. The number of hydrogen-bond acceptors (Lipinski definition) is 8. The molecule has 264 valence electrons. The molecule has 0 saturated carbocycles. The highest BCUT2D eigenvalue weighted by Crippen LogP contribution is 2.61. The van der Waals surface area contributed by atoms with E-state index in [9.17, 15) is 24.3 Å². The molecule has 2 bridgehead atoms. The van der Waals surface area contributed by atoms with Crippen molar-refractivity contribution in [2.24, 2.45) is 17.8 Å². The number of esters is 1. The Balaban J connectivity index is 1.69. The van der Waals surface area contributed by atoms with E-state index in [4.69, 9.17) is 9.47 Å². The highest BCUT2D eigenvalue weighted by atomic mass is 79.9. The van der Waals surface area contributed by atoms with Crippen LogP contribution in [-0.2, 0) is 28.7 Å². The number of hydrogen-bond donors (Lipinski definition) is 2. The SMILES string of the molecule is C=CCCC(=O)NC[C@@H](C)OC(=O)[C@H]1[C@@H]2O[C@@]3(CC2Br)[C@@H]1C(=O)N([C@@H](CO)C(C)C)[C@@H]3C(=O)N(CC=C)c1ccc(N(CC)CC)cc1.